The molecule has 0 heterocycles. The zero-order chi connectivity index (χ0) is 30.1. The van der Waals surface area contributed by atoms with Crippen molar-refractivity contribution in [1.82, 2.24) is 0 Å². The number of ketones is 1. The molecule has 0 saturated heterocycles. The fourth-order valence-corrected chi connectivity index (χ4v) is 4.06. The second-order valence-electron chi connectivity index (χ2n) is 10.0. The third-order valence-corrected chi connectivity index (χ3v) is 6.49. The number of Topliss-reactive ketones (excluding diaryl/α,β-unsaturated/α-hetero) is 1. The van der Waals surface area contributed by atoms with Gasteiger partial charge in [-0.1, -0.05) is 65.2 Å². The number of halogens is 3. The standard InChI is InChI=1S/C32H41F3O6/c1-3-5-7-9-10-12-22-39-27-18-14-24(15-19-27)30(37)40-28-20-16-25(17-21-28)31(38)41-29(32(33,34)35)23-26(36)13-11-8-6-4-2/h14-21,29H,3-13,22-23H2,1-2H3. The van der Waals surface area contributed by atoms with Crippen molar-refractivity contribution < 1.29 is 41.8 Å². The van der Waals surface area contributed by atoms with E-state index in [0.29, 0.717) is 18.8 Å². The maximum absolute atomic E-state index is 13.4. The van der Waals surface area contributed by atoms with Gasteiger partial charge in [-0.05, 0) is 61.4 Å². The zero-order valence-corrected chi connectivity index (χ0v) is 24.0. The lowest BCUT2D eigenvalue weighted by Gasteiger charge is -2.20. The van der Waals surface area contributed by atoms with Gasteiger partial charge in [-0.3, -0.25) is 4.79 Å². The van der Waals surface area contributed by atoms with Gasteiger partial charge in [-0.2, -0.15) is 13.2 Å². The van der Waals surface area contributed by atoms with Crippen LogP contribution in [0.15, 0.2) is 48.5 Å². The highest BCUT2D eigenvalue weighted by atomic mass is 19.4. The van der Waals surface area contributed by atoms with Crippen molar-refractivity contribution in [2.45, 2.75) is 103 Å². The van der Waals surface area contributed by atoms with Crippen LogP contribution in [-0.2, 0) is 9.53 Å². The third-order valence-electron chi connectivity index (χ3n) is 6.49. The molecular formula is C32H41F3O6. The highest BCUT2D eigenvalue weighted by Crippen LogP contribution is 2.28. The molecule has 0 aromatic heterocycles. The van der Waals surface area contributed by atoms with Gasteiger partial charge in [0.1, 0.15) is 17.3 Å². The van der Waals surface area contributed by atoms with Gasteiger partial charge in [-0.25, -0.2) is 9.59 Å². The summed E-state index contributed by atoms with van der Waals surface area (Å²) in [5.41, 5.74) is 0.120. The van der Waals surface area contributed by atoms with E-state index in [1.54, 1.807) is 24.3 Å². The lowest BCUT2D eigenvalue weighted by atomic mass is 10.1. The smallest absolute Gasteiger partial charge is 0.425 e. The monoisotopic (exact) mass is 578 g/mol. The fourth-order valence-electron chi connectivity index (χ4n) is 4.06. The topological polar surface area (TPSA) is 78.9 Å². The second kappa shape index (κ2) is 18.1. The van der Waals surface area contributed by atoms with Crippen LogP contribution in [0.4, 0.5) is 13.2 Å². The number of ether oxygens (including phenoxy) is 3. The Bertz CT molecular complexity index is 1060. The second-order valence-corrected chi connectivity index (χ2v) is 10.0. The van der Waals surface area contributed by atoms with E-state index < -0.39 is 36.4 Å². The van der Waals surface area contributed by atoms with Crippen LogP contribution in [-0.4, -0.2) is 36.6 Å². The fraction of sp³-hybridized carbons (Fsp3) is 0.531. The summed E-state index contributed by atoms with van der Waals surface area (Å²) in [4.78, 5) is 36.9. The highest BCUT2D eigenvalue weighted by molar-refractivity contribution is 5.92. The van der Waals surface area contributed by atoms with E-state index in [2.05, 4.69) is 11.7 Å². The van der Waals surface area contributed by atoms with Crippen molar-refractivity contribution in [2.24, 2.45) is 0 Å². The lowest BCUT2D eigenvalue weighted by molar-refractivity contribution is -0.206. The summed E-state index contributed by atoms with van der Waals surface area (Å²) in [6, 6.07) is 11.5. The molecule has 6 nitrogen and oxygen atoms in total. The molecule has 0 fully saturated rings. The minimum Gasteiger partial charge on any atom is -0.494 e. The normalized spacial score (nSPS) is 12.0. The van der Waals surface area contributed by atoms with Crippen LogP contribution in [0.25, 0.3) is 0 Å². The van der Waals surface area contributed by atoms with Gasteiger partial charge < -0.3 is 14.2 Å². The van der Waals surface area contributed by atoms with E-state index in [4.69, 9.17) is 9.47 Å². The Hall–Kier alpha value is -3.36. The van der Waals surface area contributed by atoms with Crippen molar-refractivity contribution in [3.63, 3.8) is 0 Å². The van der Waals surface area contributed by atoms with Gasteiger partial charge in [0.2, 0.25) is 6.10 Å². The van der Waals surface area contributed by atoms with Crippen LogP contribution in [0.1, 0.15) is 112 Å². The van der Waals surface area contributed by atoms with Gasteiger partial charge >= 0.3 is 18.1 Å². The molecule has 0 bridgehead atoms. The quantitative estimate of drug-likeness (QED) is 0.0943. The molecule has 0 amide bonds. The van der Waals surface area contributed by atoms with Crippen molar-refractivity contribution in [3.8, 4) is 11.5 Å². The number of carbonyl (C=O) groups excluding carboxylic acids is 3. The largest absolute Gasteiger partial charge is 0.494 e. The van der Waals surface area contributed by atoms with Crippen LogP contribution in [0.2, 0.25) is 0 Å². The van der Waals surface area contributed by atoms with Gasteiger partial charge in [0.15, 0.2) is 0 Å². The van der Waals surface area contributed by atoms with Crippen LogP contribution >= 0.6 is 0 Å². The van der Waals surface area contributed by atoms with Crippen LogP contribution in [0.5, 0.6) is 11.5 Å². The van der Waals surface area contributed by atoms with E-state index in [1.165, 1.54) is 49.9 Å². The number of benzene rings is 2. The molecule has 226 valence electrons. The highest BCUT2D eigenvalue weighted by Gasteiger charge is 2.44. The molecule has 0 radical (unpaired) electrons. The van der Waals surface area contributed by atoms with E-state index in [0.717, 1.165) is 32.1 Å². The summed E-state index contributed by atoms with van der Waals surface area (Å²) in [5.74, 6) is -1.72. The molecule has 1 unspecified atom stereocenters. The van der Waals surface area contributed by atoms with E-state index in [1.807, 2.05) is 6.92 Å². The van der Waals surface area contributed by atoms with E-state index in [9.17, 15) is 27.6 Å². The molecule has 0 spiro atoms. The summed E-state index contributed by atoms with van der Waals surface area (Å²) in [7, 11) is 0. The predicted octanol–water partition coefficient (Wildman–Crippen LogP) is 8.66. The molecule has 0 aliphatic heterocycles. The first-order chi connectivity index (χ1) is 19.6. The molecule has 0 aliphatic rings. The summed E-state index contributed by atoms with van der Waals surface area (Å²) in [6.45, 7) is 4.77. The average molecular weight is 579 g/mol. The number of hydrogen-bond acceptors (Lipinski definition) is 6. The molecule has 1 atom stereocenters. The maximum atomic E-state index is 13.4. The lowest BCUT2D eigenvalue weighted by Crippen LogP contribution is -2.35. The van der Waals surface area contributed by atoms with Crippen molar-refractivity contribution >= 4 is 17.7 Å². The summed E-state index contributed by atoms with van der Waals surface area (Å²) in [5, 5.41) is 0. The number of carbonyl (C=O) groups is 3. The van der Waals surface area contributed by atoms with Crippen molar-refractivity contribution in [1.29, 1.82) is 0 Å². The molecule has 2 aromatic carbocycles. The number of unbranched alkanes of at least 4 members (excludes halogenated alkanes) is 8. The van der Waals surface area contributed by atoms with Gasteiger partial charge in [0.25, 0.3) is 0 Å². The Labute approximate surface area is 240 Å². The Morgan fingerprint density at radius 2 is 1.20 bits per heavy atom. The first kappa shape index (κ1) is 33.8. The predicted molar refractivity (Wildman–Crippen MR) is 150 cm³/mol. The van der Waals surface area contributed by atoms with E-state index in [-0.39, 0.29) is 23.3 Å². The Kier molecular flexibility index (Phi) is 15.0. The molecule has 0 saturated carbocycles. The first-order valence-corrected chi connectivity index (χ1v) is 14.5. The maximum Gasteiger partial charge on any atom is 0.425 e. The van der Waals surface area contributed by atoms with Gasteiger partial charge in [-0.15, -0.1) is 0 Å². The van der Waals surface area contributed by atoms with Crippen LogP contribution in [0, 0.1) is 0 Å². The van der Waals surface area contributed by atoms with Crippen LogP contribution < -0.4 is 9.47 Å². The van der Waals surface area contributed by atoms with Crippen molar-refractivity contribution in [2.75, 3.05) is 6.61 Å². The number of esters is 2. The first-order valence-electron chi connectivity index (χ1n) is 14.5. The van der Waals surface area contributed by atoms with E-state index >= 15 is 0 Å². The zero-order valence-electron chi connectivity index (χ0n) is 24.0. The van der Waals surface area contributed by atoms with Gasteiger partial charge in [0.05, 0.1) is 24.2 Å². The van der Waals surface area contributed by atoms with Crippen LogP contribution in [0.3, 0.4) is 0 Å². The minimum absolute atomic E-state index is 0.0130. The van der Waals surface area contributed by atoms with Gasteiger partial charge in [0, 0.05) is 6.42 Å². The number of alkyl halides is 3. The Balaban J connectivity index is 1.85. The Morgan fingerprint density at radius 1 is 0.683 bits per heavy atom. The molecule has 0 aliphatic carbocycles. The SMILES string of the molecule is CCCCCCCCOc1ccc(C(=O)Oc2ccc(C(=O)OC(CC(=O)CCCCCC)C(F)(F)F)cc2)cc1. The molecule has 2 aromatic rings. The summed E-state index contributed by atoms with van der Waals surface area (Å²) >= 11 is 0. The molecular weight excluding hydrogens is 537 g/mol. The molecule has 0 N–H and O–H groups in total. The average Bonchev–Trinajstić information content (AvgIpc) is 2.94. The minimum atomic E-state index is -4.88. The summed E-state index contributed by atoms with van der Waals surface area (Å²) < 4.78 is 56.0. The Morgan fingerprint density at radius 3 is 1.78 bits per heavy atom. The summed E-state index contributed by atoms with van der Waals surface area (Å²) in [6.07, 6.45) is 1.76. The van der Waals surface area contributed by atoms with Crippen molar-refractivity contribution in [3.05, 3.63) is 59.7 Å². The molecule has 2 rings (SSSR count). The molecule has 9 heteroatoms. The number of rotatable bonds is 19. The number of hydrogen-bond donors (Lipinski definition) is 0. The third kappa shape index (κ3) is 13.2. The molecule has 41 heavy (non-hydrogen) atoms.